The molecule has 7 heavy (non-hydrogen) atoms. The first-order chi connectivity index (χ1) is 2.00. The van der Waals surface area contributed by atoms with Crippen molar-refractivity contribution in [1.82, 2.24) is 0 Å². The minimum atomic E-state index is -6.02. The van der Waals surface area contributed by atoms with Crippen LogP contribution in [0, 0.1) is 0 Å². The van der Waals surface area contributed by atoms with Gasteiger partial charge >= 0.3 is 169 Å². The fraction of sp³-hybridized carbons (Fsp3) is 0. The molecule has 0 aliphatic heterocycles. The monoisotopic (exact) mass is 428 g/mol. The van der Waals surface area contributed by atoms with Crippen molar-refractivity contribution in [3.05, 3.63) is 0 Å². The number of rotatable bonds is 0. The Bertz CT molecular complexity index is 92.9. The van der Waals surface area contributed by atoms with E-state index in [0.29, 0.717) is 0 Å². The molecule has 7 heteroatoms. The van der Waals surface area contributed by atoms with Gasteiger partial charge in [-0.3, -0.25) is 0 Å². The van der Waals surface area contributed by atoms with E-state index in [1.807, 2.05) is 0 Å². The summed E-state index contributed by atoms with van der Waals surface area (Å²) in [5.41, 5.74) is 0. The number of hydrogen-bond acceptors (Lipinski definition) is 4. The van der Waals surface area contributed by atoms with Crippen LogP contribution in [0.1, 0.15) is 0 Å². The molecule has 0 fully saturated rings. The van der Waals surface area contributed by atoms with Crippen molar-refractivity contribution in [2.75, 3.05) is 0 Å². The third kappa shape index (κ3) is 38.3. The van der Waals surface area contributed by atoms with Crippen molar-refractivity contribution >= 4 is 0 Å². The molecule has 0 aromatic carbocycles. The van der Waals surface area contributed by atoms with E-state index in [1.165, 1.54) is 0 Å². The Balaban J connectivity index is -0.0000000800. The molecule has 0 aromatic rings. The summed E-state index contributed by atoms with van der Waals surface area (Å²) < 4.78 is 34.5. The first kappa shape index (κ1) is 17.4. The standard InChI is InChI=1S/2Cs.Mo.4O/q2*+1;;;;2*-1. The van der Waals surface area contributed by atoms with E-state index in [4.69, 9.17) is 14.3 Å². The van der Waals surface area contributed by atoms with E-state index >= 15 is 0 Å². The second-order valence-electron chi connectivity index (χ2n) is 0.408. The van der Waals surface area contributed by atoms with Crippen molar-refractivity contribution in [1.29, 1.82) is 0 Å². The van der Waals surface area contributed by atoms with Crippen LogP contribution in [-0.2, 0) is 23.5 Å². The third-order valence-electron chi connectivity index (χ3n) is 0. The summed E-state index contributed by atoms with van der Waals surface area (Å²) in [5.74, 6) is 0. The van der Waals surface area contributed by atoms with Crippen LogP contribution in [0.5, 0.6) is 0 Å². The predicted octanol–water partition coefficient (Wildman–Crippen LogP) is -8.61. The fourth-order valence-electron chi connectivity index (χ4n) is 0. The average Bonchev–Trinajstić information content (AvgIpc) is 0.722. The molecule has 4 nitrogen and oxygen atoms in total. The zero-order valence-corrected chi connectivity index (χ0v) is 18.6. The van der Waals surface area contributed by atoms with Gasteiger partial charge in [-0.2, -0.15) is 0 Å². The zero-order chi connectivity index (χ0) is 4.50. The SMILES string of the molecule is [Cs+].[Cs+].[O]=[Mo](=[O])([O-])[O-]. The summed E-state index contributed by atoms with van der Waals surface area (Å²) in [6.07, 6.45) is 0. The van der Waals surface area contributed by atoms with Gasteiger partial charge in [0, 0.05) is 0 Å². The molecule has 32 valence electrons. The minimum absolute atomic E-state index is 0. The van der Waals surface area contributed by atoms with E-state index < -0.39 is 16.7 Å². The van der Waals surface area contributed by atoms with Gasteiger partial charge in [0.25, 0.3) is 0 Å². The Morgan fingerprint density at radius 3 is 1.00 bits per heavy atom. The summed E-state index contributed by atoms with van der Waals surface area (Å²) in [6.45, 7) is 0. The average molecular weight is 426 g/mol. The van der Waals surface area contributed by atoms with Crippen LogP contribution in [0.3, 0.4) is 0 Å². The van der Waals surface area contributed by atoms with E-state index in [2.05, 4.69) is 0 Å². The van der Waals surface area contributed by atoms with Gasteiger partial charge in [-0.15, -0.1) is 0 Å². The maximum absolute atomic E-state index is 8.63. The Hall–Kier alpha value is 4.31. The van der Waals surface area contributed by atoms with Crippen molar-refractivity contribution in [3.63, 3.8) is 0 Å². The molecule has 0 heterocycles. The van der Waals surface area contributed by atoms with Crippen LogP contribution >= 0.6 is 0 Å². The molecule has 0 unspecified atom stereocenters. The van der Waals surface area contributed by atoms with Crippen LogP contribution in [-0.4, -0.2) is 0 Å². The van der Waals surface area contributed by atoms with E-state index in [-0.39, 0.29) is 138 Å². The van der Waals surface area contributed by atoms with Gasteiger partial charge in [0.1, 0.15) is 0 Å². The molecule has 0 saturated heterocycles. The van der Waals surface area contributed by atoms with Gasteiger partial charge < -0.3 is 0 Å². The Morgan fingerprint density at radius 2 is 1.00 bits per heavy atom. The summed E-state index contributed by atoms with van der Waals surface area (Å²) in [7, 11) is 0. The van der Waals surface area contributed by atoms with Gasteiger partial charge in [0.05, 0.1) is 0 Å². The van der Waals surface area contributed by atoms with Crippen molar-refractivity contribution in [2.45, 2.75) is 0 Å². The van der Waals surface area contributed by atoms with E-state index in [9.17, 15) is 0 Å². The van der Waals surface area contributed by atoms with Crippen LogP contribution in [0.15, 0.2) is 0 Å². The zero-order valence-electron chi connectivity index (χ0n) is 4.04. The summed E-state index contributed by atoms with van der Waals surface area (Å²) >= 11 is -6.02. The molecule has 0 radical (unpaired) electrons. The van der Waals surface area contributed by atoms with Gasteiger partial charge in [0.2, 0.25) is 0 Å². The summed E-state index contributed by atoms with van der Waals surface area (Å²) in [5, 5.41) is 0. The van der Waals surface area contributed by atoms with Crippen molar-refractivity contribution in [2.24, 2.45) is 0 Å². The second kappa shape index (κ2) is 8.41. The molecular weight excluding hydrogens is 426 g/mol. The molecule has 0 spiro atoms. The van der Waals surface area contributed by atoms with Gasteiger partial charge in [-0.25, -0.2) is 0 Å². The third-order valence-corrected chi connectivity index (χ3v) is 0. The fourth-order valence-corrected chi connectivity index (χ4v) is 0. The predicted molar refractivity (Wildman–Crippen MR) is 1.37 cm³/mol. The van der Waals surface area contributed by atoms with Gasteiger partial charge in [-0.1, -0.05) is 0 Å². The van der Waals surface area contributed by atoms with Gasteiger partial charge in [-0.05, 0) is 0 Å². The van der Waals surface area contributed by atoms with Crippen molar-refractivity contribution < 1.29 is 169 Å². The molecule has 0 aromatic heterocycles. The van der Waals surface area contributed by atoms with Gasteiger partial charge in [0.15, 0.2) is 0 Å². The topological polar surface area (TPSA) is 80.3 Å². The normalized spacial score (nSPS) is 8.29. The van der Waals surface area contributed by atoms with E-state index in [1.54, 1.807) is 0 Å². The molecule has 0 aliphatic carbocycles. The molecule has 0 bridgehead atoms. The molecular formula is Cs2MoO4. The Morgan fingerprint density at radius 1 is 1.00 bits per heavy atom. The quantitative estimate of drug-likeness (QED) is 0.361. The second-order valence-corrected chi connectivity index (χ2v) is 2.42. The molecule has 0 saturated carbocycles. The molecule has 0 aliphatic rings. The summed E-state index contributed by atoms with van der Waals surface area (Å²) in [4.78, 5) is 0. The molecule has 0 amide bonds. The van der Waals surface area contributed by atoms with Crippen LogP contribution in [0.25, 0.3) is 0 Å². The van der Waals surface area contributed by atoms with Crippen LogP contribution in [0.2, 0.25) is 0 Å². The van der Waals surface area contributed by atoms with Crippen LogP contribution in [0.4, 0.5) is 0 Å². The Labute approximate surface area is 162 Å². The Kier molecular flexibility index (Phi) is 20.9. The van der Waals surface area contributed by atoms with Crippen molar-refractivity contribution in [3.8, 4) is 0 Å². The number of hydrogen-bond donors (Lipinski definition) is 0. The maximum atomic E-state index is 8.63. The van der Waals surface area contributed by atoms with E-state index in [0.717, 1.165) is 0 Å². The molecule has 0 atom stereocenters. The first-order valence-electron chi connectivity index (χ1n) is 0.667. The molecule has 0 N–H and O–H groups in total. The molecule has 0 rings (SSSR count). The summed E-state index contributed by atoms with van der Waals surface area (Å²) in [6, 6.07) is 0. The van der Waals surface area contributed by atoms with Crippen LogP contribution < -0.4 is 145 Å². The first-order valence-corrected chi connectivity index (χ1v) is 3.94.